The van der Waals surface area contributed by atoms with Crippen molar-refractivity contribution in [1.29, 1.82) is 5.26 Å². The molecule has 28 heavy (non-hydrogen) atoms. The van der Waals surface area contributed by atoms with Gasteiger partial charge >= 0.3 is 0 Å². The molecule has 0 saturated carbocycles. The van der Waals surface area contributed by atoms with Crippen LogP contribution >= 0.6 is 15.9 Å². The van der Waals surface area contributed by atoms with E-state index < -0.39 is 30.7 Å². The number of likely N-dealkylation sites (N-methyl/N-ethyl adjacent to an activating group) is 1. The first kappa shape index (κ1) is 18.3. The molecule has 10 heteroatoms. The standard InChI is InChI=1S/C18H16BrN3O4S2/c1-16(7-20)6-18-15(24)21(3)17(2,28(18)27)14(23)22(18)13(16)11-9(19)4-5-10-12(11)26-8-25-10/h4-5,13H,6,8H2,1-3H3/t13?,16-,17-,18-,28?/m1/s1. The molecule has 7 nitrogen and oxygen atoms in total. The third-order valence-corrected chi connectivity index (χ3v) is 11.3. The van der Waals surface area contributed by atoms with Gasteiger partial charge in [-0.25, -0.2) is 0 Å². The van der Waals surface area contributed by atoms with Crippen molar-refractivity contribution in [1.82, 2.24) is 9.80 Å². The van der Waals surface area contributed by atoms with E-state index in [-0.39, 0.29) is 25.0 Å². The monoisotopic (exact) mass is 481 g/mol. The normalized spacial score (nSPS) is 40.2. The first-order valence-electron chi connectivity index (χ1n) is 8.68. The maximum Gasteiger partial charge on any atom is 0.261 e. The number of benzene rings is 1. The van der Waals surface area contributed by atoms with Gasteiger partial charge in [0.2, 0.25) is 6.79 Å². The van der Waals surface area contributed by atoms with E-state index in [4.69, 9.17) is 20.7 Å². The van der Waals surface area contributed by atoms with Crippen molar-refractivity contribution >= 4 is 48.4 Å². The Morgan fingerprint density at radius 2 is 2.04 bits per heavy atom. The topological polar surface area (TPSA) is 82.9 Å². The molecule has 2 amide bonds. The fourth-order valence-electron chi connectivity index (χ4n) is 5.00. The lowest BCUT2D eigenvalue weighted by Crippen LogP contribution is -2.60. The maximum absolute atomic E-state index is 13.6. The smallest absolute Gasteiger partial charge is 0.261 e. The van der Waals surface area contributed by atoms with Crippen LogP contribution in [-0.2, 0) is 30.2 Å². The molecule has 5 rings (SSSR count). The number of nitrogens with zero attached hydrogens (tertiary/aromatic N) is 3. The van der Waals surface area contributed by atoms with Crippen LogP contribution in [0.5, 0.6) is 11.5 Å². The summed E-state index contributed by atoms with van der Waals surface area (Å²) in [6, 6.07) is 5.30. The van der Waals surface area contributed by atoms with Gasteiger partial charge in [0.15, 0.2) is 21.2 Å². The van der Waals surface area contributed by atoms with Crippen LogP contribution in [0.15, 0.2) is 16.6 Å². The zero-order valence-electron chi connectivity index (χ0n) is 15.3. The van der Waals surface area contributed by atoms with E-state index >= 15 is 0 Å². The Kier molecular flexibility index (Phi) is 3.44. The third-order valence-electron chi connectivity index (χ3n) is 6.47. The Balaban J connectivity index is 1.81. The highest BCUT2D eigenvalue weighted by Gasteiger charge is 2.81. The number of carbonyl (C=O) groups excluding carboxylic acids is 2. The van der Waals surface area contributed by atoms with Gasteiger partial charge in [-0.3, -0.25) is 9.59 Å². The van der Waals surface area contributed by atoms with Gasteiger partial charge in [0.25, 0.3) is 11.8 Å². The molecule has 5 atom stereocenters. The number of halogens is 1. The minimum atomic E-state index is -1.17. The van der Waals surface area contributed by atoms with Crippen molar-refractivity contribution in [2.75, 3.05) is 13.8 Å². The largest absolute Gasteiger partial charge is 0.454 e. The molecule has 4 aliphatic heterocycles. The van der Waals surface area contributed by atoms with Crippen molar-refractivity contribution in [3.05, 3.63) is 22.2 Å². The predicted octanol–water partition coefficient (Wildman–Crippen LogP) is 1.96. The highest BCUT2D eigenvalue weighted by Crippen LogP contribution is 2.66. The van der Waals surface area contributed by atoms with Crippen LogP contribution in [0.3, 0.4) is 0 Å². The second-order valence-corrected chi connectivity index (χ2v) is 11.7. The van der Waals surface area contributed by atoms with E-state index in [0.717, 1.165) is 0 Å². The SMILES string of the molecule is CN1C(=O)[C@]23C[C@](C)(C#N)C(c4c(Br)ccc5c4OCO5)N2C(=O)[C@@]1(C)S3=S. The van der Waals surface area contributed by atoms with Gasteiger partial charge < -0.3 is 19.3 Å². The van der Waals surface area contributed by atoms with E-state index in [0.29, 0.717) is 21.5 Å². The zero-order chi connectivity index (χ0) is 20.2. The van der Waals surface area contributed by atoms with Crippen molar-refractivity contribution < 1.29 is 19.1 Å². The van der Waals surface area contributed by atoms with Crippen LogP contribution in [0, 0.1) is 16.7 Å². The van der Waals surface area contributed by atoms with Crippen molar-refractivity contribution in [2.45, 2.75) is 36.1 Å². The summed E-state index contributed by atoms with van der Waals surface area (Å²) in [5.41, 5.74) is -0.353. The fourth-order valence-corrected chi connectivity index (χ4v) is 9.04. The molecular formula is C18H16BrN3O4S2. The first-order chi connectivity index (χ1) is 13.1. The third kappa shape index (κ3) is 1.69. The summed E-state index contributed by atoms with van der Waals surface area (Å²) in [5.74, 6) is 0.671. The molecule has 4 aliphatic rings. The average Bonchev–Trinajstić information content (AvgIpc) is 3.32. The molecule has 0 N–H and O–H groups in total. The average molecular weight is 482 g/mol. The lowest BCUT2D eigenvalue weighted by Gasteiger charge is -2.40. The molecule has 3 saturated heterocycles. The number of piperazine rings is 1. The first-order valence-corrected chi connectivity index (χ1v) is 11.6. The van der Waals surface area contributed by atoms with Crippen LogP contribution in [0.1, 0.15) is 31.9 Å². The van der Waals surface area contributed by atoms with E-state index in [9.17, 15) is 14.9 Å². The molecule has 4 heterocycles. The number of fused-ring (bicyclic) bond motifs is 2. The fraction of sp³-hybridized carbons (Fsp3) is 0.500. The molecule has 1 aromatic carbocycles. The second kappa shape index (κ2) is 5.26. The van der Waals surface area contributed by atoms with Gasteiger partial charge in [0.1, 0.15) is 0 Å². The molecule has 2 bridgehead atoms. The molecule has 1 aromatic rings. The van der Waals surface area contributed by atoms with Gasteiger partial charge in [-0.15, -0.1) is 0 Å². The van der Waals surface area contributed by atoms with Gasteiger partial charge in [-0.05, 0) is 37.2 Å². The van der Waals surface area contributed by atoms with Gasteiger partial charge in [0, 0.05) is 23.5 Å². The summed E-state index contributed by atoms with van der Waals surface area (Å²) >= 11 is 9.36. The van der Waals surface area contributed by atoms with Crippen molar-refractivity contribution in [3.63, 3.8) is 0 Å². The summed E-state index contributed by atoms with van der Waals surface area (Å²) in [7, 11) is 0.644. The number of hydrogen-bond acceptors (Lipinski definition) is 6. The minimum absolute atomic E-state index is 0.0681. The molecule has 3 fully saturated rings. The summed E-state index contributed by atoms with van der Waals surface area (Å²) in [6.45, 7) is 3.59. The highest BCUT2D eigenvalue weighted by molar-refractivity contribution is 9.10. The van der Waals surface area contributed by atoms with Gasteiger partial charge in [0.05, 0.1) is 17.5 Å². The van der Waals surface area contributed by atoms with Crippen molar-refractivity contribution in [2.24, 2.45) is 5.41 Å². The minimum Gasteiger partial charge on any atom is -0.454 e. The Morgan fingerprint density at radius 1 is 1.32 bits per heavy atom. The molecule has 1 spiro atoms. The number of hydrogen-bond donors (Lipinski definition) is 0. The molecule has 0 aliphatic carbocycles. The summed E-state index contributed by atoms with van der Waals surface area (Å²) in [6.07, 6.45) is 0.204. The van der Waals surface area contributed by atoms with Crippen LogP contribution in [0.25, 0.3) is 0 Å². The van der Waals surface area contributed by atoms with Gasteiger partial charge in [-0.2, -0.15) is 5.26 Å². The van der Waals surface area contributed by atoms with Crippen LogP contribution < -0.4 is 9.47 Å². The van der Waals surface area contributed by atoms with E-state index in [1.165, 1.54) is 4.90 Å². The van der Waals surface area contributed by atoms with E-state index in [1.54, 1.807) is 31.9 Å². The van der Waals surface area contributed by atoms with Crippen LogP contribution in [-0.4, -0.2) is 45.2 Å². The second-order valence-electron chi connectivity index (χ2n) is 7.88. The van der Waals surface area contributed by atoms with E-state index in [1.807, 2.05) is 6.07 Å². The summed E-state index contributed by atoms with van der Waals surface area (Å²) < 4.78 is 11.9. The number of ether oxygens (including phenoxy) is 2. The molecular weight excluding hydrogens is 466 g/mol. The molecule has 2 unspecified atom stereocenters. The lowest BCUT2D eigenvalue weighted by molar-refractivity contribution is -0.159. The number of amides is 2. The molecule has 0 aromatic heterocycles. The Bertz CT molecular complexity index is 1060. The van der Waals surface area contributed by atoms with Crippen LogP contribution in [0.2, 0.25) is 0 Å². The Hall–Kier alpha value is -1.70. The predicted molar refractivity (Wildman–Crippen MR) is 107 cm³/mol. The van der Waals surface area contributed by atoms with Gasteiger partial charge in [-0.1, -0.05) is 25.4 Å². The number of nitriles is 1. The van der Waals surface area contributed by atoms with E-state index in [2.05, 4.69) is 22.0 Å². The Labute approximate surface area is 177 Å². The maximum atomic E-state index is 13.6. The summed E-state index contributed by atoms with van der Waals surface area (Å²) in [4.78, 5) is 27.8. The summed E-state index contributed by atoms with van der Waals surface area (Å²) in [5, 5.41) is 10.1. The molecule has 146 valence electrons. The Morgan fingerprint density at radius 3 is 2.71 bits per heavy atom. The van der Waals surface area contributed by atoms with Crippen molar-refractivity contribution in [3.8, 4) is 17.6 Å². The highest BCUT2D eigenvalue weighted by atomic mass is 79.9. The number of carbonyl (C=O) groups is 2. The zero-order valence-corrected chi connectivity index (χ0v) is 18.5. The quantitative estimate of drug-likeness (QED) is 0.609. The lowest BCUT2D eigenvalue weighted by atomic mass is 9.79. The van der Waals surface area contributed by atoms with Crippen LogP contribution in [0.4, 0.5) is 0 Å². The number of rotatable bonds is 1. The molecule has 0 radical (unpaired) electrons.